The summed E-state index contributed by atoms with van der Waals surface area (Å²) < 4.78 is 0. The number of hydrogen-bond acceptors (Lipinski definition) is 3. The van der Waals surface area contributed by atoms with Crippen LogP contribution < -0.4 is 0 Å². The SMILES string of the molecule is CC(=O)CC(C)N1CCC(=O)CC1. The third-order valence-electron chi connectivity index (χ3n) is 2.56. The summed E-state index contributed by atoms with van der Waals surface area (Å²) in [5.74, 6) is 0.579. The third kappa shape index (κ3) is 3.27. The minimum atomic E-state index is 0.226. The molecule has 0 spiro atoms. The number of Topliss-reactive ketones (excluding diaryl/α,β-unsaturated/α-hetero) is 2. The molecule has 1 unspecified atom stereocenters. The molecule has 1 atom stereocenters. The zero-order valence-corrected chi connectivity index (χ0v) is 8.38. The number of carbonyl (C=O) groups excluding carboxylic acids is 2. The van der Waals surface area contributed by atoms with Crippen molar-refractivity contribution in [3.05, 3.63) is 0 Å². The van der Waals surface area contributed by atoms with E-state index in [-0.39, 0.29) is 5.78 Å². The van der Waals surface area contributed by atoms with Gasteiger partial charge in [0.05, 0.1) is 0 Å². The molecule has 0 N–H and O–H groups in total. The topological polar surface area (TPSA) is 37.4 Å². The fraction of sp³-hybridized carbons (Fsp3) is 0.800. The molecule has 1 aliphatic heterocycles. The summed E-state index contributed by atoms with van der Waals surface area (Å²) in [6, 6.07) is 0.297. The molecule has 3 nitrogen and oxygen atoms in total. The lowest BCUT2D eigenvalue weighted by Gasteiger charge is -2.31. The van der Waals surface area contributed by atoms with Gasteiger partial charge in [0, 0.05) is 38.4 Å². The number of nitrogens with zero attached hydrogens (tertiary/aromatic N) is 1. The average molecular weight is 183 g/mol. The van der Waals surface area contributed by atoms with Gasteiger partial charge in [0.25, 0.3) is 0 Å². The van der Waals surface area contributed by atoms with Gasteiger partial charge < -0.3 is 0 Å². The number of ketones is 2. The number of rotatable bonds is 3. The van der Waals surface area contributed by atoms with Crippen molar-refractivity contribution in [3.63, 3.8) is 0 Å². The Morgan fingerprint density at radius 3 is 2.46 bits per heavy atom. The zero-order valence-electron chi connectivity index (χ0n) is 8.38. The zero-order chi connectivity index (χ0) is 9.84. The smallest absolute Gasteiger partial charge is 0.135 e. The van der Waals surface area contributed by atoms with Crippen LogP contribution in [-0.4, -0.2) is 35.6 Å². The molecule has 74 valence electrons. The van der Waals surface area contributed by atoms with Gasteiger partial charge in [0.15, 0.2) is 0 Å². The summed E-state index contributed by atoms with van der Waals surface area (Å²) >= 11 is 0. The number of likely N-dealkylation sites (tertiary alicyclic amines) is 1. The van der Waals surface area contributed by atoms with E-state index >= 15 is 0 Å². The van der Waals surface area contributed by atoms with E-state index in [0.717, 1.165) is 13.1 Å². The average Bonchev–Trinajstić information content (AvgIpc) is 2.04. The molecule has 0 amide bonds. The highest BCUT2D eigenvalue weighted by Gasteiger charge is 2.21. The van der Waals surface area contributed by atoms with E-state index in [4.69, 9.17) is 0 Å². The van der Waals surface area contributed by atoms with Gasteiger partial charge in [-0.3, -0.25) is 14.5 Å². The Labute approximate surface area is 79.1 Å². The van der Waals surface area contributed by atoms with E-state index in [1.54, 1.807) is 6.92 Å². The molecule has 1 saturated heterocycles. The fourth-order valence-corrected chi connectivity index (χ4v) is 1.76. The molecule has 1 aliphatic rings. The summed E-state index contributed by atoms with van der Waals surface area (Å²) in [6.07, 6.45) is 1.92. The van der Waals surface area contributed by atoms with Gasteiger partial charge in [-0.2, -0.15) is 0 Å². The molecular weight excluding hydrogens is 166 g/mol. The van der Waals surface area contributed by atoms with Crippen molar-refractivity contribution >= 4 is 11.6 Å². The molecule has 0 radical (unpaired) electrons. The van der Waals surface area contributed by atoms with Crippen molar-refractivity contribution in [2.24, 2.45) is 0 Å². The van der Waals surface area contributed by atoms with Crippen LogP contribution in [0.5, 0.6) is 0 Å². The first-order chi connectivity index (χ1) is 6.09. The molecule has 0 aromatic carbocycles. The number of piperidine rings is 1. The monoisotopic (exact) mass is 183 g/mol. The quantitative estimate of drug-likeness (QED) is 0.655. The summed E-state index contributed by atoms with van der Waals surface area (Å²) in [6.45, 7) is 5.32. The Morgan fingerprint density at radius 2 is 2.00 bits per heavy atom. The van der Waals surface area contributed by atoms with Crippen molar-refractivity contribution in [1.82, 2.24) is 4.90 Å². The van der Waals surface area contributed by atoms with Crippen molar-refractivity contribution in [2.45, 2.75) is 39.2 Å². The molecule has 3 heteroatoms. The lowest BCUT2D eigenvalue weighted by Crippen LogP contribution is -2.40. The largest absolute Gasteiger partial charge is 0.300 e. The summed E-state index contributed by atoms with van der Waals surface area (Å²) in [4.78, 5) is 24.1. The van der Waals surface area contributed by atoms with Crippen LogP contribution in [0.15, 0.2) is 0 Å². The highest BCUT2D eigenvalue weighted by molar-refractivity contribution is 5.79. The van der Waals surface area contributed by atoms with E-state index in [1.807, 2.05) is 0 Å². The second-order valence-corrected chi connectivity index (χ2v) is 3.83. The van der Waals surface area contributed by atoms with Gasteiger partial charge in [-0.1, -0.05) is 0 Å². The van der Waals surface area contributed by atoms with Crippen LogP contribution >= 0.6 is 0 Å². The number of carbonyl (C=O) groups is 2. The Kier molecular flexibility index (Phi) is 3.60. The van der Waals surface area contributed by atoms with Crippen molar-refractivity contribution in [3.8, 4) is 0 Å². The third-order valence-corrected chi connectivity index (χ3v) is 2.56. The van der Waals surface area contributed by atoms with Gasteiger partial charge in [-0.25, -0.2) is 0 Å². The van der Waals surface area contributed by atoms with E-state index in [0.29, 0.717) is 31.1 Å². The van der Waals surface area contributed by atoms with Crippen molar-refractivity contribution in [2.75, 3.05) is 13.1 Å². The summed E-state index contributed by atoms with van der Waals surface area (Å²) in [5, 5.41) is 0. The Morgan fingerprint density at radius 1 is 1.46 bits per heavy atom. The van der Waals surface area contributed by atoms with Crippen molar-refractivity contribution < 1.29 is 9.59 Å². The fourth-order valence-electron chi connectivity index (χ4n) is 1.76. The number of hydrogen-bond donors (Lipinski definition) is 0. The molecule has 0 aliphatic carbocycles. The first-order valence-corrected chi connectivity index (χ1v) is 4.85. The lowest BCUT2D eigenvalue weighted by atomic mass is 10.1. The highest BCUT2D eigenvalue weighted by Crippen LogP contribution is 2.11. The lowest BCUT2D eigenvalue weighted by molar-refractivity contribution is -0.122. The maximum Gasteiger partial charge on any atom is 0.135 e. The molecule has 13 heavy (non-hydrogen) atoms. The Hall–Kier alpha value is -0.700. The van der Waals surface area contributed by atoms with E-state index in [9.17, 15) is 9.59 Å². The van der Waals surface area contributed by atoms with E-state index in [2.05, 4.69) is 11.8 Å². The molecule has 1 rings (SSSR count). The van der Waals surface area contributed by atoms with Gasteiger partial charge in [-0.05, 0) is 13.8 Å². The van der Waals surface area contributed by atoms with Crippen LogP contribution in [0.3, 0.4) is 0 Å². The molecule has 0 aromatic rings. The molecule has 0 aromatic heterocycles. The van der Waals surface area contributed by atoms with Gasteiger partial charge in [-0.15, -0.1) is 0 Å². The van der Waals surface area contributed by atoms with E-state index < -0.39 is 0 Å². The minimum absolute atomic E-state index is 0.226. The van der Waals surface area contributed by atoms with Crippen molar-refractivity contribution in [1.29, 1.82) is 0 Å². The first-order valence-electron chi connectivity index (χ1n) is 4.85. The van der Waals surface area contributed by atoms with E-state index in [1.165, 1.54) is 0 Å². The van der Waals surface area contributed by atoms with Gasteiger partial charge >= 0.3 is 0 Å². The minimum Gasteiger partial charge on any atom is -0.300 e. The molecule has 0 bridgehead atoms. The van der Waals surface area contributed by atoms with Crippen LogP contribution in [0.4, 0.5) is 0 Å². The first kappa shape index (κ1) is 10.4. The molecule has 1 fully saturated rings. The summed E-state index contributed by atoms with van der Waals surface area (Å²) in [7, 11) is 0. The predicted octanol–water partition coefficient (Wildman–Crippen LogP) is 1.02. The standard InChI is InChI=1S/C10H17NO2/c1-8(7-9(2)12)11-5-3-10(13)4-6-11/h8H,3-7H2,1-2H3. The molecule has 1 heterocycles. The second-order valence-electron chi connectivity index (χ2n) is 3.83. The van der Waals surface area contributed by atoms with Crippen LogP contribution in [-0.2, 0) is 9.59 Å². The van der Waals surface area contributed by atoms with Gasteiger partial charge in [0.1, 0.15) is 11.6 Å². The normalized spacial score (nSPS) is 21.5. The second kappa shape index (κ2) is 4.51. The van der Waals surface area contributed by atoms with Crippen LogP contribution in [0.2, 0.25) is 0 Å². The van der Waals surface area contributed by atoms with Crippen LogP contribution in [0.1, 0.15) is 33.1 Å². The maximum absolute atomic E-state index is 11.0. The van der Waals surface area contributed by atoms with Crippen LogP contribution in [0.25, 0.3) is 0 Å². The molecular formula is C10H17NO2. The summed E-state index contributed by atoms with van der Waals surface area (Å²) in [5.41, 5.74) is 0. The molecule has 0 saturated carbocycles. The Bertz CT molecular complexity index is 203. The van der Waals surface area contributed by atoms with Gasteiger partial charge in [0.2, 0.25) is 0 Å². The maximum atomic E-state index is 11.0. The predicted molar refractivity (Wildman–Crippen MR) is 50.6 cm³/mol. The Balaban J connectivity index is 2.35. The van der Waals surface area contributed by atoms with Crippen LogP contribution in [0, 0.1) is 0 Å². The highest BCUT2D eigenvalue weighted by atomic mass is 16.1.